The third kappa shape index (κ3) is 2.77. The van der Waals surface area contributed by atoms with Crippen LogP contribution in [0.2, 0.25) is 0 Å². The number of pyridine rings is 1. The maximum Gasteiger partial charge on any atom is 0.253 e. The van der Waals surface area contributed by atoms with Crippen LogP contribution in [0, 0.1) is 0 Å². The first-order valence-corrected chi connectivity index (χ1v) is 7.02. The molecule has 0 saturated carbocycles. The van der Waals surface area contributed by atoms with E-state index in [4.69, 9.17) is 0 Å². The van der Waals surface area contributed by atoms with Crippen molar-refractivity contribution in [1.82, 2.24) is 20.9 Å². The van der Waals surface area contributed by atoms with Crippen molar-refractivity contribution in [2.24, 2.45) is 0 Å². The predicted octanol–water partition coefficient (Wildman–Crippen LogP) is 0.209. The van der Waals surface area contributed by atoms with Gasteiger partial charge in [0.15, 0.2) is 0 Å². The topological polar surface area (TPSA) is 66.0 Å². The summed E-state index contributed by atoms with van der Waals surface area (Å²) in [6, 6.07) is 0.249. The fourth-order valence-electron chi connectivity index (χ4n) is 2.85. The molecule has 3 N–H and O–H groups in total. The first-order chi connectivity index (χ1) is 9.34. The summed E-state index contributed by atoms with van der Waals surface area (Å²) in [4.78, 5) is 16.6. The largest absolute Gasteiger partial charge is 0.348 e. The molecule has 3 heterocycles. The number of piperidine rings is 1. The van der Waals surface area contributed by atoms with E-state index in [1.54, 1.807) is 6.20 Å². The predicted molar refractivity (Wildman–Crippen MR) is 73.0 cm³/mol. The van der Waals surface area contributed by atoms with E-state index in [9.17, 15) is 4.79 Å². The van der Waals surface area contributed by atoms with Gasteiger partial charge in [0.05, 0.1) is 5.56 Å². The quantitative estimate of drug-likeness (QED) is 0.711. The highest BCUT2D eigenvalue weighted by molar-refractivity contribution is 5.96. The molecule has 0 bridgehead atoms. The van der Waals surface area contributed by atoms with Gasteiger partial charge < -0.3 is 16.0 Å². The van der Waals surface area contributed by atoms with Gasteiger partial charge in [-0.15, -0.1) is 0 Å². The second-order valence-corrected chi connectivity index (χ2v) is 5.27. The third-order valence-electron chi connectivity index (χ3n) is 3.89. The van der Waals surface area contributed by atoms with Crippen molar-refractivity contribution in [2.75, 3.05) is 19.6 Å². The molecule has 0 spiro atoms. The summed E-state index contributed by atoms with van der Waals surface area (Å²) in [5, 5.41) is 9.74. The molecule has 102 valence electrons. The van der Waals surface area contributed by atoms with Crippen LogP contribution < -0.4 is 16.0 Å². The highest BCUT2D eigenvalue weighted by Gasteiger charge is 2.21. The van der Waals surface area contributed by atoms with Gasteiger partial charge in [0.25, 0.3) is 5.91 Å². The highest BCUT2D eigenvalue weighted by atomic mass is 16.1. The fourth-order valence-corrected chi connectivity index (χ4v) is 2.85. The molecule has 1 aromatic heterocycles. The van der Waals surface area contributed by atoms with Gasteiger partial charge in [-0.05, 0) is 43.5 Å². The average Bonchev–Trinajstić information content (AvgIpc) is 2.47. The van der Waals surface area contributed by atoms with Crippen LogP contribution in [0.3, 0.4) is 0 Å². The van der Waals surface area contributed by atoms with Crippen LogP contribution >= 0.6 is 0 Å². The first-order valence-electron chi connectivity index (χ1n) is 7.02. The maximum absolute atomic E-state index is 12.4. The van der Waals surface area contributed by atoms with Crippen LogP contribution in [0.5, 0.6) is 0 Å². The van der Waals surface area contributed by atoms with E-state index < -0.39 is 0 Å². The standard InChI is InChI=1S/C14H20N4O/c19-14(18-11-2-1-4-15-8-11)13-9-17-7-10-6-16-5-3-12(10)13/h7,9,11,15-16H,1-6,8H2,(H,18,19). The summed E-state index contributed by atoms with van der Waals surface area (Å²) in [5.41, 5.74) is 3.07. The van der Waals surface area contributed by atoms with E-state index in [0.29, 0.717) is 0 Å². The number of amides is 1. The van der Waals surface area contributed by atoms with Crippen molar-refractivity contribution < 1.29 is 4.79 Å². The van der Waals surface area contributed by atoms with E-state index in [1.807, 2.05) is 6.20 Å². The summed E-state index contributed by atoms with van der Waals surface area (Å²) in [5.74, 6) is 0.0277. The van der Waals surface area contributed by atoms with Crippen LogP contribution in [0.4, 0.5) is 0 Å². The van der Waals surface area contributed by atoms with Crippen molar-refractivity contribution in [3.05, 3.63) is 29.1 Å². The van der Waals surface area contributed by atoms with Gasteiger partial charge in [-0.2, -0.15) is 0 Å². The molecule has 0 aliphatic carbocycles. The summed E-state index contributed by atoms with van der Waals surface area (Å²) < 4.78 is 0. The number of fused-ring (bicyclic) bond motifs is 1. The number of carbonyl (C=O) groups excluding carboxylic acids is 1. The van der Waals surface area contributed by atoms with E-state index in [1.165, 1.54) is 0 Å². The second-order valence-electron chi connectivity index (χ2n) is 5.27. The number of rotatable bonds is 2. The Morgan fingerprint density at radius 1 is 1.32 bits per heavy atom. The number of hydrogen-bond acceptors (Lipinski definition) is 4. The molecule has 1 unspecified atom stereocenters. The smallest absolute Gasteiger partial charge is 0.253 e. The van der Waals surface area contributed by atoms with Crippen molar-refractivity contribution >= 4 is 5.91 Å². The molecule has 0 aromatic carbocycles. The Morgan fingerprint density at radius 2 is 2.26 bits per heavy atom. The number of aromatic nitrogens is 1. The SMILES string of the molecule is O=C(NC1CCCNC1)c1cncc2c1CCNC2. The third-order valence-corrected chi connectivity index (χ3v) is 3.89. The minimum Gasteiger partial charge on any atom is -0.348 e. The summed E-state index contributed by atoms with van der Waals surface area (Å²) in [7, 11) is 0. The summed E-state index contributed by atoms with van der Waals surface area (Å²) in [6.07, 6.45) is 6.66. The minimum atomic E-state index is 0.0277. The van der Waals surface area contributed by atoms with Gasteiger partial charge in [0, 0.05) is 31.5 Å². The maximum atomic E-state index is 12.4. The molecule has 2 aliphatic heterocycles. The van der Waals surface area contributed by atoms with Gasteiger partial charge in [-0.1, -0.05) is 0 Å². The van der Waals surface area contributed by atoms with E-state index in [0.717, 1.165) is 62.1 Å². The lowest BCUT2D eigenvalue weighted by molar-refractivity contribution is 0.0929. The van der Waals surface area contributed by atoms with Crippen LogP contribution in [0.1, 0.15) is 34.3 Å². The van der Waals surface area contributed by atoms with Crippen LogP contribution in [0.25, 0.3) is 0 Å². The molecule has 19 heavy (non-hydrogen) atoms. The fraction of sp³-hybridized carbons (Fsp3) is 0.571. The Kier molecular flexibility index (Phi) is 3.75. The Hall–Kier alpha value is -1.46. The second kappa shape index (κ2) is 5.67. The Morgan fingerprint density at radius 3 is 3.11 bits per heavy atom. The van der Waals surface area contributed by atoms with Crippen molar-refractivity contribution in [3.63, 3.8) is 0 Å². The summed E-state index contributed by atoms with van der Waals surface area (Å²) >= 11 is 0. The zero-order valence-electron chi connectivity index (χ0n) is 11.0. The Labute approximate surface area is 113 Å². The molecule has 1 saturated heterocycles. The number of carbonyl (C=O) groups is 1. The van der Waals surface area contributed by atoms with Crippen molar-refractivity contribution in [1.29, 1.82) is 0 Å². The molecule has 0 radical (unpaired) electrons. The zero-order valence-corrected chi connectivity index (χ0v) is 11.0. The van der Waals surface area contributed by atoms with Gasteiger partial charge in [0.2, 0.25) is 0 Å². The van der Waals surface area contributed by atoms with E-state index in [-0.39, 0.29) is 11.9 Å². The molecule has 2 aliphatic rings. The van der Waals surface area contributed by atoms with Crippen molar-refractivity contribution in [3.8, 4) is 0 Å². The van der Waals surface area contributed by atoms with Gasteiger partial charge in [-0.3, -0.25) is 9.78 Å². The van der Waals surface area contributed by atoms with Crippen LogP contribution in [-0.2, 0) is 13.0 Å². The van der Waals surface area contributed by atoms with Crippen LogP contribution in [-0.4, -0.2) is 36.6 Å². The Balaban J connectivity index is 1.75. The monoisotopic (exact) mass is 260 g/mol. The van der Waals surface area contributed by atoms with E-state index in [2.05, 4.69) is 20.9 Å². The molecule has 5 heteroatoms. The number of nitrogens with zero attached hydrogens (tertiary/aromatic N) is 1. The molecule has 1 atom stereocenters. The molecule has 1 fully saturated rings. The van der Waals surface area contributed by atoms with Crippen molar-refractivity contribution in [2.45, 2.75) is 31.8 Å². The molecule has 1 aromatic rings. The number of hydrogen-bond donors (Lipinski definition) is 3. The molecular weight excluding hydrogens is 240 g/mol. The molecule has 1 amide bonds. The molecular formula is C14H20N4O. The van der Waals surface area contributed by atoms with Gasteiger partial charge >= 0.3 is 0 Å². The van der Waals surface area contributed by atoms with Crippen LogP contribution in [0.15, 0.2) is 12.4 Å². The molecule has 3 rings (SSSR count). The lowest BCUT2D eigenvalue weighted by Gasteiger charge is -2.25. The first kappa shape index (κ1) is 12.6. The lowest BCUT2D eigenvalue weighted by atomic mass is 9.97. The summed E-state index contributed by atoms with van der Waals surface area (Å²) in [6.45, 7) is 3.67. The average molecular weight is 260 g/mol. The highest BCUT2D eigenvalue weighted by Crippen LogP contribution is 2.17. The van der Waals surface area contributed by atoms with Gasteiger partial charge in [-0.25, -0.2) is 0 Å². The molecule has 5 nitrogen and oxygen atoms in total. The lowest BCUT2D eigenvalue weighted by Crippen LogP contribution is -2.46. The van der Waals surface area contributed by atoms with E-state index >= 15 is 0 Å². The minimum absolute atomic E-state index is 0.0277. The number of nitrogens with one attached hydrogen (secondary N) is 3. The van der Waals surface area contributed by atoms with Gasteiger partial charge in [0.1, 0.15) is 0 Å². The zero-order chi connectivity index (χ0) is 13.1. The Bertz CT molecular complexity index is 469. The normalized spacial score (nSPS) is 22.6.